The van der Waals surface area contributed by atoms with Gasteiger partial charge in [-0.3, -0.25) is 14.4 Å². The van der Waals surface area contributed by atoms with Gasteiger partial charge in [-0.15, -0.1) is 0 Å². The number of Topliss-reactive ketones (excluding diaryl/α,β-unsaturated/α-hetero) is 1. The zero-order chi connectivity index (χ0) is 21.3. The molecule has 0 aromatic rings. The second-order valence-corrected chi connectivity index (χ2v) is 8.78. The number of carbonyl (C=O) groups is 4. The van der Waals surface area contributed by atoms with E-state index in [0.29, 0.717) is 26.0 Å². The number of esters is 2. The summed E-state index contributed by atoms with van der Waals surface area (Å²) in [5.74, 6) is -2.09. The van der Waals surface area contributed by atoms with Gasteiger partial charge in [0.05, 0.1) is 12.0 Å². The first-order chi connectivity index (χ1) is 13.8. The monoisotopic (exact) mass is 409 g/mol. The van der Waals surface area contributed by atoms with Crippen LogP contribution in [0, 0.1) is 5.41 Å². The van der Waals surface area contributed by atoms with Crippen LogP contribution in [0.25, 0.3) is 0 Å². The van der Waals surface area contributed by atoms with Crippen LogP contribution in [-0.2, 0) is 28.7 Å². The molecule has 0 aromatic heterocycles. The summed E-state index contributed by atoms with van der Waals surface area (Å²) in [5.41, 5.74) is -1.14. The molecule has 0 bridgehead atoms. The minimum atomic E-state index is -1.14. The van der Waals surface area contributed by atoms with Crippen molar-refractivity contribution in [1.29, 1.82) is 0 Å². The predicted molar refractivity (Wildman–Crippen MR) is 107 cm³/mol. The summed E-state index contributed by atoms with van der Waals surface area (Å²) in [6, 6.07) is -0.708. The lowest BCUT2D eigenvalue weighted by Crippen LogP contribution is -2.53. The Morgan fingerprint density at radius 2 is 1.48 bits per heavy atom. The normalized spacial score (nSPS) is 26.4. The Morgan fingerprint density at radius 1 is 0.828 bits per heavy atom. The second-order valence-electron chi connectivity index (χ2n) is 8.78. The number of hydrogen-bond acceptors (Lipinski definition) is 6. The Morgan fingerprint density at radius 3 is 2.21 bits per heavy atom. The Hall–Kier alpha value is -1.92. The summed E-state index contributed by atoms with van der Waals surface area (Å²) in [4.78, 5) is 51.6. The van der Waals surface area contributed by atoms with Gasteiger partial charge in [0.1, 0.15) is 12.6 Å². The Balaban J connectivity index is 2.09. The molecule has 0 radical (unpaired) electrons. The Labute approximate surface area is 173 Å². The van der Waals surface area contributed by atoms with Crippen LogP contribution in [0.2, 0.25) is 0 Å². The minimum absolute atomic E-state index is 0.140. The van der Waals surface area contributed by atoms with E-state index in [0.717, 1.165) is 57.8 Å². The highest BCUT2D eigenvalue weighted by Gasteiger charge is 2.42. The van der Waals surface area contributed by atoms with E-state index in [1.807, 2.05) is 0 Å². The van der Waals surface area contributed by atoms with Crippen LogP contribution in [0.4, 0.5) is 0 Å². The molecule has 0 N–H and O–H groups in total. The summed E-state index contributed by atoms with van der Waals surface area (Å²) in [5, 5.41) is 0. The number of rotatable bonds is 0. The molecular formula is C22H35NO6. The number of nitrogens with zero attached hydrogens (tertiary/aromatic N) is 1. The highest BCUT2D eigenvalue weighted by Crippen LogP contribution is 2.24. The molecule has 0 unspecified atom stereocenters. The van der Waals surface area contributed by atoms with Gasteiger partial charge < -0.3 is 14.4 Å². The number of piperidine rings is 1. The van der Waals surface area contributed by atoms with E-state index in [1.54, 1.807) is 13.8 Å². The molecule has 2 heterocycles. The van der Waals surface area contributed by atoms with Crippen molar-refractivity contribution in [1.82, 2.24) is 4.90 Å². The lowest BCUT2D eigenvalue weighted by Gasteiger charge is -2.35. The number of ether oxygens (including phenoxy) is 2. The standard InChI is InChI=1S/C22H35NO6/c1-22(2)16-29-18(24)13-8-6-4-3-5-7-11-15-28-21(27)17-12-9-10-14-23(17)20(26)19(22)25/h17H,3-16H2,1-2H3/t17-/m0/s1. The van der Waals surface area contributed by atoms with Crippen molar-refractivity contribution >= 4 is 23.6 Å². The third kappa shape index (κ3) is 7.12. The molecule has 7 nitrogen and oxygen atoms in total. The molecule has 2 aliphatic heterocycles. The van der Waals surface area contributed by atoms with E-state index in [1.165, 1.54) is 4.90 Å². The summed E-state index contributed by atoms with van der Waals surface area (Å²) >= 11 is 0. The van der Waals surface area contributed by atoms with Crippen molar-refractivity contribution in [2.45, 2.75) is 90.5 Å². The van der Waals surface area contributed by atoms with Crippen LogP contribution < -0.4 is 0 Å². The van der Waals surface area contributed by atoms with E-state index in [2.05, 4.69) is 0 Å². The molecule has 164 valence electrons. The highest BCUT2D eigenvalue weighted by atomic mass is 16.5. The van der Waals surface area contributed by atoms with Crippen molar-refractivity contribution in [2.75, 3.05) is 19.8 Å². The number of carbonyl (C=O) groups excluding carboxylic acids is 4. The number of fused-ring (bicyclic) bond motifs is 1. The van der Waals surface area contributed by atoms with E-state index in [-0.39, 0.29) is 12.6 Å². The van der Waals surface area contributed by atoms with Crippen molar-refractivity contribution in [3.63, 3.8) is 0 Å². The van der Waals surface area contributed by atoms with Crippen LogP contribution in [0.5, 0.6) is 0 Å². The smallest absolute Gasteiger partial charge is 0.328 e. The molecule has 2 aliphatic rings. The van der Waals surface area contributed by atoms with E-state index < -0.39 is 29.1 Å². The molecular weight excluding hydrogens is 374 g/mol. The maximum Gasteiger partial charge on any atom is 0.328 e. The fourth-order valence-corrected chi connectivity index (χ4v) is 3.76. The predicted octanol–water partition coefficient (Wildman–Crippen LogP) is 3.18. The summed E-state index contributed by atoms with van der Waals surface area (Å²) in [7, 11) is 0. The van der Waals surface area contributed by atoms with Gasteiger partial charge in [0.25, 0.3) is 5.91 Å². The average Bonchev–Trinajstić information content (AvgIpc) is 2.71. The van der Waals surface area contributed by atoms with Gasteiger partial charge >= 0.3 is 11.9 Å². The molecule has 0 aromatic carbocycles. The van der Waals surface area contributed by atoms with E-state index >= 15 is 0 Å². The molecule has 1 atom stereocenters. The lowest BCUT2D eigenvalue weighted by molar-refractivity contribution is -0.162. The van der Waals surface area contributed by atoms with Crippen LogP contribution in [-0.4, -0.2) is 54.3 Å². The fourth-order valence-electron chi connectivity index (χ4n) is 3.76. The molecule has 0 spiro atoms. The van der Waals surface area contributed by atoms with Gasteiger partial charge in [-0.05, 0) is 46.0 Å². The first kappa shape index (κ1) is 23.4. The SMILES string of the molecule is CC1(C)COC(=O)CCCCCCCCCOC(=O)[C@@H]2CCCCN2C(=O)C1=O. The zero-order valence-electron chi connectivity index (χ0n) is 17.9. The fraction of sp³-hybridized carbons (Fsp3) is 0.818. The van der Waals surface area contributed by atoms with E-state index in [4.69, 9.17) is 9.47 Å². The van der Waals surface area contributed by atoms with Gasteiger partial charge in [-0.1, -0.05) is 32.1 Å². The zero-order valence-corrected chi connectivity index (χ0v) is 17.9. The molecule has 2 saturated heterocycles. The van der Waals surface area contributed by atoms with Crippen molar-refractivity contribution < 1.29 is 28.7 Å². The number of cyclic esters (lactones) is 2. The van der Waals surface area contributed by atoms with Gasteiger partial charge in [0.2, 0.25) is 5.78 Å². The van der Waals surface area contributed by atoms with Crippen LogP contribution in [0.3, 0.4) is 0 Å². The molecule has 0 saturated carbocycles. The molecule has 2 fully saturated rings. The molecule has 7 heteroatoms. The van der Waals surface area contributed by atoms with Crippen molar-refractivity contribution in [2.24, 2.45) is 5.41 Å². The number of ketones is 1. The van der Waals surface area contributed by atoms with Gasteiger partial charge in [0.15, 0.2) is 0 Å². The first-order valence-corrected chi connectivity index (χ1v) is 11.0. The molecule has 0 aliphatic carbocycles. The van der Waals surface area contributed by atoms with Gasteiger partial charge in [0, 0.05) is 13.0 Å². The molecule has 2 rings (SSSR count). The van der Waals surface area contributed by atoms with Crippen molar-refractivity contribution in [3.8, 4) is 0 Å². The first-order valence-electron chi connectivity index (χ1n) is 11.0. The largest absolute Gasteiger partial charge is 0.465 e. The molecule has 29 heavy (non-hydrogen) atoms. The van der Waals surface area contributed by atoms with Gasteiger partial charge in [-0.25, -0.2) is 4.79 Å². The number of amides is 1. The third-order valence-corrected chi connectivity index (χ3v) is 5.71. The quantitative estimate of drug-likeness (QED) is 0.451. The Bertz CT molecular complexity index is 600. The lowest BCUT2D eigenvalue weighted by atomic mass is 9.87. The van der Waals surface area contributed by atoms with E-state index in [9.17, 15) is 19.2 Å². The second kappa shape index (κ2) is 11.3. The molecule has 1 amide bonds. The van der Waals surface area contributed by atoms with Crippen molar-refractivity contribution in [3.05, 3.63) is 0 Å². The summed E-state index contributed by atoms with van der Waals surface area (Å²) in [6.07, 6.45) is 9.12. The summed E-state index contributed by atoms with van der Waals surface area (Å²) in [6.45, 7) is 3.76. The highest BCUT2D eigenvalue weighted by molar-refractivity contribution is 6.38. The minimum Gasteiger partial charge on any atom is -0.465 e. The topological polar surface area (TPSA) is 90.0 Å². The van der Waals surface area contributed by atoms with Crippen LogP contribution in [0.1, 0.15) is 84.5 Å². The van der Waals surface area contributed by atoms with Crippen LogP contribution >= 0.6 is 0 Å². The maximum atomic E-state index is 12.9. The van der Waals surface area contributed by atoms with Crippen LogP contribution in [0.15, 0.2) is 0 Å². The Kier molecular flexibility index (Phi) is 9.11. The number of hydrogen-bond donors (Lipinski definition) is 0. The third-order valence-electron chi connectivity index (χ3n) is 5.71. The van der Waals surface area contributed by atoms with Gasteiger partial charge in [-0.2, -0.15) is 0 Å². The average molecular weight is 410 g/mol. The summed E-state index contributed by atoms with van der Waals surface area (Å²) < 4.78 is 10.7. The maximum absolute atomic E-state index is 12.9.